The number of aromatic nitrogens is 2. The van der Waals surface area contributed by atoms with E-state index in [0.717, 1.165) is 24.3 Å². The fourth-order valence-electron chi connectivity index (χ4n) is 3.25. The van der Waals surface area contributed by atoms with Gasteiger partial charge in [0.15, 0.2) is 0 Å². The average molecular weight is 340 g/mol. The van der Waals surface area contributed by atoms with E-state index in [2.05, 4.69) is 39.3 Å². The molecule has 1 heterocycles. The molecule has 3 nitrogen and oxygen atoms in total. The van der Waals surface area contributed by atoms with E-state index in [9.17, 15) is 4.39 Å². The Bertz CT molecular complexity index is 652. The topological polar surface area (TPSA) is 43.8 Å². The number of imidazole rings is 1. The van der Waals surface area contributed by atoms with Crippen LogP contribution in [0.15, 0.2) is 16.6 Å². The van der Waals surface area contributed by atoms with Crippen LogP contribution in [-0.4, -0.2) is 9.55 Å². The van der Waals surface area contributed by atoms with Gasteiger partial charge >= 0.3 is 0 Å². The Balaban J connectivity index is 2.07. The zero-order valence-corrected chi connectivity index (χ0v) is 13.3. The van der Waals surface area contributed by atoms with Crippen LogP contribution in [0.3, 0.4) is 0 Å². The molecule has 1 aromatic carbocycles. The van der Waals surface area contributed by atoms with Crippen LogP contribution in [0.4, 0.5) is 10.3 Å². The van der Waals surface area contributed by atoms with Crippen molar-refractivity contribution in [1.82, 2.24) is 9.55 Å². The van der Waals surface area contributed by atoms with Gasteiger partial charge in [-0.15, -0.1) is 0 Å². The summed E-state index contributed by atoms with van der Waals surface area (Å²) in [6.07, 6.45) is 3.41. The number of nitrogen functional groups attached to an aromatic ring is 1. The van der Waals surface area contributed by atoms with Gasteiger partial charge < -0.3 is 10.3 Å². The van der Waals surface area contributed by atoms with E-state index in [1.165, 1.54) is 12.5 Å². The quantitative estimate of drug-likeness (QED) is 0.830. The van der Waals surface area contributed by atoms with Crippen LogP contribution in [0.2, 0.25) is 0 Å². The molecule has 0 amide bonds. The zero-order valence-electron chi connectivity index (χ0n) is 11.7. The average Bonchev–Trinajstić information content (AvgIpc) is 2.69. The second-order valence-electron chi connectivity index (χ2n) is 6.02. The Labute approximate surface area is 126 Å². The van der Waals surface area contributed by atoms with Crippen LogP contribution in [0.5, 0.6) is 0 Å². The van der Waals surface area contributed by atoms with Crippen molar-refractivity contribution in [1.29, 1.82) is 0 Å². The molecule has 1 saturated carbocycles. The van der Waals surface area contributed by atoms with E-state index < -0.39 is 0 Å². The number of halogens is 2. The van der Waals surface area contributed by atoms with Gasteiger partial charge in [0.05, 0.1) is 15.5 Å². The van der Waals surface area contributed by atoms with Gasteiger partial charge in [-0.25, -0.2) is 9.37 Å². The van der Waals surface area contributed by atoms with Crippen LogP contribution in [0.25, 0.3) is 11.0 Å². The number of rotatable bonds is 1. The Hall–Kier alpha value is -1.10. The summed E-state index contributed by atoms with van der Waals surface area (Å²) in [5.41, 5.74) is 7.63. The Morgan fingerprint density at radius 3 is 2.75 bits per heavy atom. The Morgan fingerprint density at radius 1 is 1.30 bits per heavy atom. The number of anilines is 1. The van der Waals surface area contributed by atoms with Crippen LogP contribution < -0.4 is 5.73 Å². The van der Waals surface area contributed by atoms with Gasteiger partial charge in [0.1, 0.15) is 5.82 Å². The molecule has 20 heavy (non-hydrogen) atoms. The third kappa shape index (κ3) is 2.22. The van der Waals surface area contributed by atoms with E-state index >= 15 is 0 Å². The summed E-state index contributed by atoms with van der Waals surface area (Å²) in [5, 5.41) is 0. The van der Waals surface area contributed by atoms with Crippen molar-refractivity contribution in [2.45, 2.75) is 39.2 Å². The smallest absolute Gasteiger partial charge is 0.201 e. The highest BCUT2D eigenvalue weighted by atomic mass is 79.9. The number of nitrogens with zero attached hydrogens (tertiary/aromatic N) is 2. The lowest BCUT2D eigenvalue weighted by Crippen LogP contribution is -2.24. The summed E-state index contributed by atoms with van der Waals surface area (Å²) in [6, 6.07) is 3.60. The monoisotopic (exact) mass is 339 g/mol. The highest BCUT2D eigenvalue weighted by Crippen LogP contribution is 2.39. The Morgan fingerprint density at radius 2 is 2.05 bits per heavy atom. The minimum Gasteiger partial charge on any atom is -0.369 e. The summed E-state index contributed by atoms with van der Waals surface area (Å²) in [6.45, 7) is 4.60. The van der Waals surface area contributed by atoms with E-state index in [1.807, 2.05) is 0 Å². The van der Waals surface area contributed by atoms with Gasteiger partial charge in [0.25, 0.3) is 0 Å². The molecule has 0 spiro atoms. The number of hydrogen-bond acceptors (Lipinski definition) is 2. The van der Waals surface area contributed by atoms with Crippen molar-refractivity contribution in [3.05, 3.63) is 22.4 Å². The molecule has 0 bridgehead atoms. The van der Waals surface area contributed by atoms with Gasteiger partial charge in [0.2, 0.25) is 5.95 Å². The minimum atomic E-state index is -0.298. The first-order valence-electron chi connectivity index (χ1n) is 7.09. The van der Waals surface area contributed by atoms with Crippen molar-refractivity contribution in [2.24, 2.45) is 11.8 Å². The van der Waals surface area contributed by atoms with Crippen LogP contribution in [0, 0.1) is 17.7 Å². The first-order valence-corrected chi connectivity index (χ1v) is 7.89. The molecule has 108 valence electrons. The predicted molar refractivity (Wildman–Crippen MR) is 83.0 cm³/mol. The molecule has 3 atom stereocenters. The molecule has 2 N–H and O–H groups in total. The molecule has 0 aliphatic heterocycles. The molecule has 0 radical (unpaired) electrons. The van der Waals surface area contributed by atoms with Crippen LogP contribution in [-0.2, 0) is 0 Å². The molecule has 1 aliphatic carbocycles. The largest absolute Gasteiger partial charge is 0.369 e. The third-order valence-corrected chi connectivity index (χ3v) is 5.30. The lowest BCUT2D eigenvalue weighted by molar-refractivity contribution is 0.215. The summed E-state index contributed by atoms with van der Waals surface area (Å²) < 4.78 is 16.2. The van der Waals surface area contributed by atoms with Gasteiger partial charge in [0, 0.05) is 12.1 Å². The standard InChI is InChI=1S/C15H19BrFN3/c1-8-3-4-10(5-9(8)2)20-14-6-11(16)12(17)7-13(14)19-15(20)18/h6-10H,3-5H2,1-2H3,(H2,18,19). The SMILES string of the molecule is CC1CCC(n2c(N)nc3cc(F)c(Br)cc32)CC1C. The molecular formula is C15H19BrFN3. The van der Waals surface area contributed by atoms with Gasteiger partial charge in [-0.3, -0.25) is 0 Å². The summed E-state index contributed by atoms with van der Waals surface area (Å²) in [7, 11) is 0. The fraction of sp³-hybridized carbons (Fsp3) is 0.533. The van der Waals surface area contributed by atoms with Crippen LogP contribution >= 0.6 is 15.9 Å². The van der Waals surface area contributed by atoms with Crippen molar-refractivity contribution in [3.8, 4) is 0 Å². The maximum Gasteiger partial charge on any atom is 0.201 e. The van der Waals surface area contributed by atoms with Crippen molar-refractivity contribution < 1.29 is 4.39 Å². The van der Waals surface area contributed by atoms with E-state index in [1.54, 1.807) is 6.07 Å². The lowest BCUT2D eigenvalue weighted by atomic mass is 9.79. The lowest BCUT2D eigenvalue weighted by Gasteiger charge is -2.33. The van der Waals surface area contributed by atoms with Gasteiger partial charge in [-0.2, -0.15) is 0 Å². The second-order valence-corrected chi connectivity index (χ2v) is 6.87. The van der Waals surface area contributed by atoms with Gasteiger partial charge in [-0.05, 0) is 53.1 Å². The Kier molecular flexibility index (Phi) is 3.48. The molecule has 1 aliphatic rings. The van der Waals surface area contributed by atoms with Crippen molar-refractivity contribution in [2.75, 3.05) is 5.73 Å². The maximum absolute atomic E-state index is 13.6. The first-order chi connectivity index (χ1) is 9.47. The fourth-order valence-corrected chi connectivity index (χ4v) is 3.58. The highest BCUT2D eigenvalue weighted by Gasteiger charge is 2.28. The zero-order chi connectivity index (χ0) is 14.4. The van der Waals surface area contributed by atoms with E-state index in [4.69, 9.17) is 5.73 Å². The first kappa shape index (κ1) is 13.9. The molecule has 3 unspecified atom stereocenters. The predicted octanol–water partition coefficient (Wildman–Crippen LogP) is 4.52. The van der Waals surface area contributed by atoms with Crippen molar-refractivity contribution >= 4 is 32.9 Å². The number of nitrogens with two attached hydrogens (primary N) is 1. The molecule has 2 aromatic rings. The highest BCUT2D eigenvalue weighted by molar-refractivity contribution is 9.10. The van der Waals surface area contributed by atoms with Crippen molar-refractivity contribution in [3.63, 3.8) is 0 Å². The van der Waals surface area contributed by atoms with E-state index in [0.29, 0.717) is 27.9 Å². The molecule has 1 fully saturated rings. The summed E-state index contributed by atoms with van der Waals surface area (Å²) >= 11 is 3.25. The molecule has 3 rings (SSSR count). The van der Waals surface area contributed by atoms with E-state index in [-0.39, 0.29) is 5.82 Å². The number of hydrogen-bond donors (Lipinski definition) is 1. The molecule has 1 aromatic heterocycles. The van der Waals surface area contributed by atoms with Crippen LogP contribution in [0.1, 0.15) is 39.2 Å². The number of benzene rings is 1. The minimum absolute atomic E-state index is 0.298. The maximum atomic E-state index is 13.6. The summed E-state index contributed by atoms with van der Waals surface area (Å²) in [4.78, 5) is 4.31. The summed E-state index contributed by atoms with van der Waals surface area (Å²) in [5.74, 6) is 1.62. The van der Waals surface area contributed by atoms with Gasteiger partial charge in [-0.1, -0.05) is 13.8 Å². The molecule has 0 saturated heterocycles. The molecular weight excluding hydrogens is 321 g/mol. The normalized spacial score (nSPS) is 27.1. The number of fused-ring (bicyclic) bond motifs is 1. The third-order valence-electron chi connectivity index (χ3n) is 4.69. The molecule has 5 heteroatoms. The second kappa shape index (κ2) is 5.02.